The van der Waals surface area contributed by atoms with Gasteiger partial charge in [-0.05, 0) is 57.6 Å². The largest absolute Gasteiger partial charge is 0.496 e. The molecule has 2 N–H and O–H groups in total. The predicted molar refractivity (Wildman–Crippen MR) is 151 cm³/mol. The van der Waals surface area contributed by atoms with Gasteiger partial charge in [-0.2, -0.15) is 0 Å². The number of nitrogens with one attached hydrogen (secondary N) is 2. The average molecular weight is 572 g/mol. The van der Waals surface area contributed by atoms with Crippen molar-refractivity contribution in [2.75, 3.05) is 40.0 Å². The Morgan fingerprint density at radius 1 is 1.07 bits per heavy atom. The predicted octanol–water partition coefficient (Wildman–Crippen LogP) is 3.86. The Morgan fingerprint density at radius 3 is 2.50 bits per heavy atom. The van der Waals surface area contributed by atoms with Gasteiger partial charge < -0.3 is 29.2 Å². The van der Waals surface area contributed by atoms with Crippen LogP contribution in [0.4, 0.5) is 0 Å². The molecule has 6 rings (SSSR count). The van der Waals surface area contributed by atoms with E-state index in [4.69, 9.17) is 30.5 Å². The van der Waals surface area contributed by atoms with Crippen LogP contribution in [0.3, 0.4) is 0 Å². The summed E-state index contributed by atoms with van der Waals surface area (Å²) in [5, 5.41) is 3.17. The van der Waals surface area contributed by atoms with Crippen molar-refractivity contribution in [2.24, 2.45) is 17.8 Å². The average Bonchev–Trinajstić information content (AvgIpc) is 3.57. The molecule has 40 heavy (non-hydrogen) atoms. The fourth-order valence-corrected chi connectivity index (χ4v) is 7.21. The van der Waals surface area contributed by atoms with Crippen LogP contribution in [0.2, 0.25) is 5.02 Å². The molecule has 1 saturated carbocycles. The number of hydrogen-bond acceptors (Lipinski definition) is 7. The lowest BCUT2D eigenvalue weighted by molar-refractivity contribution is 0.0199. The molecule has 1 aromatic heterocycles. The molecule has 1 aromatic carbocycles. The molecule has 0 bridgehead atoms. The molecule has 10 heteroatoms. The molecule has 2 saturated heterocycles. The number of rotatable bonds is 6. The molecule has 216 valence electrons. The molecular weight excluding hydrogens is 534 g/mol. The van der Waals surface area contributed by atoms with Crippen molar-refractivity contribution >= 4 is 17.5 Å². The van der Waals surface area contributed by atoms with Gasteiger partial charge in [0.2, 0.25) is 0 Å². The number of aromatic amines is 1. The number of hydrogen-bond donors (Lipinski definition) is 2. The van der Waals surface area contributed by atoms with Gasteiger partial charge in [0.25, 0.3) is 11.5 Å². The Hall–Kier alpha value is -2.75. The Kier molecular flexibility index (Phi) is 7.72. The lowest BCUT2D eigenvalue weighted by atomic mass is 9.82. The molecule has 1 amide bonds. The number of nitrogens with zero attached hydrogens (tertiary/aromatic N) is 1. The number of fused-ring (bicyclic) bond motifs is 2. The number of carbonyl (C=O) groups is 1. The smallest absolute Gasteiger partial charge is 0.256 e. The molecule has 3 aliphatic heterocycles. The first kappa shape index (κ1) is 27.4. The van der Waals surface area contributed by atoms with E-state index in [9.17, 15) is 9.59 Å². The van der Waals surface area contributed by atoms with Crippen molar-refractivity contribution in [3.63, 3.8) is 0 Å². The zero-order valence-corrected chi connectivity index (χ0v) is 24.1. The fourth-order valence-electron chi connectivity index (χ4n) is 6.96. The third-order valence-corrected chi connectivity index (χ3v) is 9.55. The monoisotopic (exact) mass is 571 g/mol. The summed E-state index contributed by atoms with van der Waals surface area (Å²) in [4.78, 5) is 31.1. The topological polar surface area (TPSA) is 102 Å². The number of methoxy groups -OCH3 is 1. The fraction of sp³-hybridized carbons (Fsp3) is 0.600. The van der Waals surface area contributed by atoms with E-state index < -0.39 is 0 Å². The number of aryl methyl sites for hydroxylation is 1. The Bertz CT molecular complexity index is 1330. The highest BCUT2D eigenvalue weighted by atomic mass is 35.5. The lowest BCUT2D eigenvalue weighted by Gasteiger charge is -2.39. The van der Waals surface area contributed by atoms with E-state index >= 15 is 0 Å². The van der Waals surface area contributed by atoms with Gasteiger partial charge in [-0.3, -0.25) is 14.5 Å². The maximum Gasteiger partial charge on any atom is 0.256 e. The van der Waals surface area contributed by atoms with Gasteiger partial charge in [-0.1, -0.05) is 11.6 Å². The number of benzene rings is 1. The summed E-state index contributed by atoms with van der Waals surface area (Å²) in [6, 6.07) is 3.98. The number of likely N-dealkylation sites (tertiary alicyclic amines) is 1. The molecule has 9 nitrogen and oxygen atoms in total. The first-order chi connectivity index (χ1) is 19.3. The van der Waals surface area contributed by atoms with Crippen molar-refractivity contribution < 1.29 is 23.7 Å². The maximum atomic E-state index is 13.2. The van der Waals surface area contributed by atoms with Crippen LogP contribution in [0.1, 0.15) is 52.9 Å². The van der Waals surface area contributed by atoms with E-state index in [1.807, 2.05) is 6.92 Å². The van der Waals surface area contributed by atoms with E-state index in [2.05, 4.69) is 15.2 Å². The van der Waals surface area contributed by atoms with Crippen LogP contribution < -0.4 is 25.1 Å². The van der Waals surface area contributed by atoms with E-state index in [-0.39, 0.29) is 24.1 Å². The third-order valence-electron chi connectivity index (χ3n) is 9.27. The molecule has 3 fully saturated rings. The van der Waals surface area contributed by atoms with Gasteiger partial charge in [-0.25, -0.2) is 0 Å². The van der Waals surface area contributed by atoms with E-state index in [1.54, 1.807) is 19.1 Å². The van der Waals surface area contributed by atoms with Gasteiger partial charge in [0, 0.05) is 47.8 Å². The summed E-state index contributed by atoms with van der Waals surface area (Å²) in [7, 11) is 1.50. The van der Waals surface area contributed by atoms with Gasteiger partial charge >= 0.3 is 0 Å². The molecule has 4 heterocycles. The summed E-state index contributed by atoms with van der Waals surface area (Å²) in [5.41, 5.74) is 1.80. The van der Waals surface area contributed by atoms with Crippen LogP contribution in [0.15, 0.2) is 16.9 Å². The van der Waals surface area contributed by atoms with E-state index in [0.29, 0.717) is 75.1 Å². The highest BCUT2D eigenvalue weighted by Crippen LogP contribution is 2.45. The number of halogens is 1. The quantitative estimate of drug-likeness (QED) is 0.543. The number of aromatic nitrogens is 1. The lowest BCUT2D eigenvalue weighted by Crippen LogP contribution is -2.43. The standard InChI is InChI=1S/C30H38ClN3O6/c1-16-8-25(37-3)23(30(36)33-16)10-32-29(35)22-9-24(31)28-27(17(22)2)40-26(15-39-28)18-4-6-21(7-5-18)34-11-19-13-38-14-20(19)12-34/h8-9,18-21,26H,4-7,10-15H2,1-3H3,(H,32,35)(H,33,36)/t18?,19?,20?,21?,26-/m1/s1. The van der Waals surface area contributed by atoms with Crippen molar-refractivity contribution in [3.8, 4) is 17.2 Å². The SMILES string of the molecule is COc1cc(C)[nH]c(=O)c1CNC(=O)c1cc(Cl)c2c(c1C)O[C@@H](C1CCC(N3CC4COCC4C3)CC1)CO2. The first-order valence-electron chi connectivity index (χ1n) is 14.3. The van der Waals surface area contributed by atoms with Gasteiger partial charge in [0.15, 0.2) is 11.5 Å². The number of ether oxygens (including phenoxy) is 4. The van der Waals surface area contributed by atoms with Gasteiger partial charge in [0.05, 0.1) is 37.5 Å². The minimum atomic E-state index is -0.351. The Morgan fingerprint density at radius 2 is 1.80 bits per heavy atom. The maximum absolute atomic E-state index is 13.2. The number of carbonyl (C=O) groups excluding carboxylic acids is 1. The van der Waals surface area contributed by atoms with Crippen LogP contribution in [0.25, 0.3) is 0 Å². The summed E-state index contributed by atoms with van der Waals surface area (Å²) in [5.74, 6) is 2.92. The van der Waals surface area contributed by atoms with Crippen molar-refractivity contribution in [3.05, 3.63) is 49.9 Å². The minimum absolute atomic E-state index is 0.0144. The van der Waals surface area contributed by atoms with Gasteiger partial charge in [0.1, 0.15) is 18.5 Å². The Labute approximate surface area is 239 Å². The molecule has 4 aliphatic rings. The van der Waals surface area contributed by atoms with Crippen LogP contribution in [0.5, 0.6) is 17.2 Å². The summed E-state index contributed by atoms with van der Waals surface area (Å²) >= 11 is 6.56. The Balaban J connectivity index is 1.11. The molecule has 0 spiro atoms. The molecule has 0 radical (unpaired) electrons. The number of pyridine rings is 1. The van der Waals surface area contributed by atoms with Crippen molar-refractivity contribution in [1.29, 1.82) is 0 Å². The van der Waals surface area contributed by atoms with Crippen LogP contribution in [-0.4, -0.2) is 68.0 Å². The summed E-state index contributed by atoms with van der Waals surface area (Å²) < 4.78 is 23.7. The van der Waals surface area contributed by atoms with Gasteiger partial charge in [-0.15, -0.1) is 0 Å². The van der Waals surface area contributed by atoms with Crippen LogP contribution in [-0.2, 0) is 11.3 Å². The second-order valence-corrected chi connectivity index (χ2v) is 12.2. The molecule has 2 unspecified atom stereocenters. The first-order valence-corrected chi connectivity index (χ1v) is 14.7. The molecule has 2 aromatic rings. The molecule has 3 atom stereocenters. The number of H-pyrrole nitrogens is 1. The van der Waals surface area contributed by atoms with Crippen LogP contribution in [0, 0.1) is 31.6 Å². The molecular formula is C30H38ClN3O6. The minimum Gasteiger partial charge on any atom is -0.496 e. The third kappa shape index (κ3) is 5.19. The highest BCUT2D eigenvalue weighted by Gasteiger charge is 2.42. The zero-order chi connectivity index (χ0) is 28.0. The number of amides is 1. The van der Waals surface area contributed by atoms with Crippen LogP contribution >= 0.6 is 11.6 Å². The summed E-state index contributed by atoms with van der Waals surface area (Å²) in [6.45, 7) is 8.27. The summed E-state index contributed by atoms with van der Waals surface area (Å²) in [6.07, 6.45) is 4.44. The normalized spacial score (nSPS) is 27.9. The second kappa shape index (κ2) is 11.3. The second-order valence-electron chi connectivity index (χ2n) is 11.7. The highest BCUT2D eigenvalue weighted by molar-refractivity contribution is 6.32. The van der Waals surface area contributed by atoms with E-state index in [0.717, 1.165) is 26.1 Å². The van der Waals surface area contributed by atoms with E-state index in [1.165, 1.54) is 33.0 Å². The molecule has 1 aliphatic carbocycles. The van der Waals surface area contributed by atoms with Crippen molar-refractivity contribution in [2.45, 2.75) is 58.2 Å². The zero-order valence-electron chi connectivity index (χ0n) is 23.4. The van der Waals surface area contributed by atoms with Crippen molar-refractivity contribution in [1.82, 2.24) is 15.2 Å².